The summed E-state index contributed by atoms with van der Waals surface area (Å²) < 4.78 is 22.5. The minimum atomic E-state index is -3.03. The zero-order valence-electron chi connectivity index (χ0n) is 9.87. The molecular formula is C12H13N3O2S. The lowest BCUT2D eigenvalue weighted by Gasteiger charge is -2.06. The average Bonchev–Trinajstić information content (AvgIpc) is 2.28. The first-order valence-corrected chi connectivity index (χ1v) is 7.40. The first kappa shape index (κ1) is 12.5. The summed E-state index contributed by atoms with van der Waals surface area (Å²) in [6, 6.07) is 8.91. The number of nitrogens with one attached hydrogen (secondary N) is 1. The van der Waals surface area contributed by atoms with E-state index in [-0.39, 0.29) is 5.75 Å². The number of benzene rings is 1. The number of hydrogen-bond acceptors (Lipinski definition) is 5. The van der Waals surface area contributed by atoms with Crippen LogP contribution < -0.4 is 5.32 Å². The molecule has 0 saturated carbocycles. The summed E-state index contributed by atoms with van der Waals surface area (Å²) >= 11 is 0. The highest BCUT2D eigenvalue weighted by Crippen LogP contribution is 2.15. The van der Waals surface area contributed by atoms with Crippen LogP contribution >= 0.6 is 0 Å². The molecule has 0 amide bonds. The fourth-order valence-corrected chi connectivity index (χ4v) is 2.32. The smallest absolute Gasteiger partial charge is 0.227 e. The van der Waals surface area contributed by atoms with Crippen LogP contribution in [0.4, 0.5) is 11.6 Å². The van der Waals surface area contributed by atoms with Crippen molar-refractivity contribution in [2.24, 2.45) is 0 Å². The predicted octanol–water partition coefficient (Wildman–Crippen LogP) is 1.76. The molecule has 18 heavy (non-hydrogen) atoms. The molecule has 1 aromatic heterocycles. The molecule has 5 nitrogen and oxygen atoms in total. The van der Waals surface area contributed by atoms with E-state index in [4.69, 9.17) is 0 Å². The third-order valence-corrected chi connectivity index (χ3v) is 3.04. The van der Waals surface area contributed by atoms with Gasteiger partial charge in [-0.05, 0) is 23.8 Å². The summed E-state index contributed by atoms with van der Waals surface area (Å²) in [5, 5.41) is 3.01. The van der Waals surface area contributed by atoms with Gasteiger partial charge in [0.05, 0.1) is 5.75 Å². The highest BCUT2D eigenvalue weighted by molar-refractivity contribution is 7.89. The second-order valence-electron chi connectivity index (χ2n) is 3.97. The normalized spacial score (nSPS) is 11.2. The Bertz CT molecular complexity index is 627. The van der Waals surface area contributed by atoms with Crippen molar-refractivity contribution < 1.29 is 8.42 Å². The third kappa shape index (κ3) is 3.81. The third-order valence-electron chi connectivity index (χ3n) is 2.18. The Morgan fingerprint density at radius 2 is 1.89 bits per heavy atom. The molecule has 0 radical (unpaired) electrons. The van der Waals surface area contributed by atoms with E-state index < -0.39 is 9.84 Å². The fourth-order valence-electron chi connectivity index (χ4n) is 1.53. The van der Waals surface area contributed by atoms with Crippen LogP contribution in [0.25, 0.3) is 0 Å². The molecule has 6 heteroatoms. The lowest BCUT2D eigenvalue weighted by Crippen LogP contribution is -2.01. The second kappa shape index (κ2) is 5.14. The highest BCUT2D eigenvalue weighted by atomic mass is 32.2. The van der Waals surface area contributed by atoms with Crippen LogP contribution in [-0.4, -0.2) is 24.6 Å². The minimum absolute atomic E-state index is 0.0260. The number of hydrogen-bond donors (Lipinski definition) is 1. The van der Waals surface area contributed by atoms with Crippen LogP contribution in [0.2, 0.25) is 0 Å². The van der Waals surface area contributed by atoms with E-state index in [0.29, 0.717) is 5.95 Å². The first-order valence-electron chi connectivity index (χ1n) is 5.34. The van der Waals surface area contributed by atoms with Gasteiger partial charge in [0, 0.05) is 24.3 Å². The van der Waals surface area contributed by atoms with Crippen LogP contribution in [0.5, 0.6) is 0 Å². The van der Waals surface area contributed by atoms with Crippen molar-refractivity contribution in [1.82, 2.24) is 9.97 Å². The molecule has 0 fully saturated rings. The van der Waals surface area contributed by atoms with Crippen LogP contribution in [0.3, 0.4) is 0 Å². The maximum Gasteiger partial charge on any atom is 0.227 e. The van der Waals surface area contributed by atoms with Crippen molar-refractivity contribution in [2.45, 2.75) is 5.75 Å². The van der Waals surface area contributed by atoms with Gasteiger partial charge in [-0.25, -0.2) is 18.4 Å². The van der Waals surface area contributed by atoms with E-state index in [1.807, 2.05) is 6.07 Å². The molecule has 0 saturated heterocycles. The molecular weight excluding hydrogens is 250 g/mol. The Kier molecular flexibility index (Phi) is 3.57. The second-order valence-corrected chi connectivity index (χ2v) is 6.11. The van der Waals surface area contributed by atoms with E-state index in [9.17, 15) is 8.42 Å². The molecule has 1 heterocycles. The van der Waals surface area contributed by atoms with Gasteiger partial charge in [0.25, 0.3) is 0 Å². The maximum absolute atomic E-state index is 11.2. The number of sulfone groups is 1. The van der Waals surface area contributed by atoms with E-state index in [2.05, 4.69) is 15.3 Å². The minimum Gasteiger partial charge on any atom is -0.324 e. The van der Waals surface area contributed by atoms with Crippen molar-refractivity contribution in [3.05, 3.63) is 48.3 Å². The number of aromatic nitrogens is 2. The molecule has 0 unspecified atom stereocenters. The standard InChI is InChI=1S/C12H13N3O2S/c1-18(16,17)9-10-4-2-5-11(8-10)15-12-13-6-3-7-14-12/h2-8H,9H2,1H3,(H,13,14,15). The molecule has 0 aliphatic heterocycles. The molecule has 94 valence electrons. The van der Waals surface area contributed by atoms with Crippen molar-refractivity contribution >= 4 is 21.5 Å². The number of nitrogens with zero attached hydrogens (tertiary/aromatic N) is 2. The monoisotopic (exact) mass is 263 g/mol. The summed E-state index contributed by atoms with van der Waals surface area (Å²) in [5.74, 6) is 0.507. The zero-order valence-corrected chi connectivity index (χ0v) is 10.7. The Morgan fingerprint density at radius 1 is 1.17 bits per heavy atom. The van der Waals surface area contributed by atoms with Gasteiger partial charge < -0.3 is 5.32 Å². The van der Waals surface area contributed by atoms with E-state index >= 15 is 0 Å². The van der Waals surface area contributed by atoms with Gasteiger partial charge in [0.1, 0.15) is 0 Å². The van der Waals surface area contributed by atoms with Crippen LogP contribution in [0.15, 0.2) is 42.7 Å². The number of rotatable bonds is 4. The average molecular weight is 263 g/mol. The molecule has 0 spiro atoms. The van der Waals surface area contributed by atoms with Crippen LogP contribution in [0.1, 0.15) is 5.56 Å². The van der Waals surface area contributed by atoms with Gasteiger partial charge in [-0.3, -0.25) is 0 Å². The molecule has 0 aliphatic carbocycles. The van der Waals surface area contributed by atoms with Gasteiger partial charge in [0.2, 0.25) is 5.95 Å². The first-order chi connectivity index (χ1) is 8.53. The van der Waals surface area contributed by atoms with Crippen LogP contribution in [-0.2, 0) is 15.6 Å². The van der Waals surface area contributed by atoms with Crippen molar-refractivity contribution in [3.63, 3.8) is 0 Å². The fraction of sp³-hybridized carbons (Fsp3) is 0.167. The number of anilines is 2. The largest absolute Gasteiger partial charge is 0.324 e. The zero-order chi connectivity index (χ0) is 13.0. The lowest BCUT2D eigenvalue weighted by molar-refractivity contribution is 0.601. The van der Waals surface area contributed by atoms with Gasteiger partial charge >= 0.3 is 0 Å². The SMILES string of the molecule is CS(=O)(=O)Cc1cccc(Nc2ncccn2)c1. The van der Waals surface area contributed by atoms with Gasteiger partial charge in [-0.15, -0.1) is 0 Å². The van der Waals surface area contributed by atoms with Gasteiger partial charge in [-0.1, -0.05) is 12.1 Å². The molecule has 2 rings (SSSR count). The summed E-state index contributed by atoms with van der Waals surface area (Å²) in [5.41, 5.74) is 1.50. The predicted molar refractivity (Wildman–Crippen MR) is 70.3 cm³/mol. The molecule has 1 N–H and O–H groups in total. The van der Waals surface area contributed by atoms with E-state index in [0.717, 1.165) is 11.3 Å². The molecule has 0 atom stereocenters. The lowest BCUT2D eigenvalue weighted by atomic mass is 10.2. The summed E-state index contributed by atoms with van der Waals surface area (Å²) in [7, 11) is -3.03. The van der Waals surface area contributed by atoms with E-state index in [1.54, 1.807) is 36.7 Å². The van der Waals surface area contributed by atoms with Crippen molar-refractivity contribution in [1.29, 1.82) is 0 Å². The molecule has 1 aromatic carbocycles. The molecule has 0 aliphatic rings. The summed E-state index contributed by atoms with van der Waals surface area (Å²) in [6.07, 6.45) is 4.48. The van der Waals surface area contributed by atoms with Gasteiger partial charge in [-0.2, -0.15) is 0 Å². The van der Waals surface area contributed by atoms with Gasteiger partial charge in [0.15, 0.2) is 9.84 Å². The Labute approximate surface area is 106 Å². The molecule has 2 aromatic rings. The highest BCUT2D eigenvalue weighted by Gasteiger charge is 2.05. The quantitative estimate of drug-likeness (QED) is 0.910. The van der Waals surface area contributed by atoms with E-state index in [1.165, 1.54) is 6.26 Å². The Morgan fingerprint density at radius 3 is 2.56 bits per heavy atom. The molecule has 0 bridgehead atoms. The van der Waals surface area contributed by atoms with Crippen LogP contribution in [0, 0.1) is 0 Å². The maximum atomic E-state index is 11.2. The Balaban J connectivity index is 2.18. The van der Waals surface area contributed by atoms with Crippen molar-refractivity contribution in [3.8, 4) is 0 Å². The van der Waals surface area contributed by atoms with Crippen molar-refractivity contribution in [2.75, 3.05) is 11.6 Å². The topological polar surface area (TPSA) is 72.0 Å². The summed E-state index contributed by atoms with van der Waals surface area (Å²) in [6.45, 7) is 0. The summed E-state index contributed by atoms with van der Waals surface area (Å²) in [4.78, 5) is 8.08. The Hall–Kier alpha value is -1.95.